The quantitative estimate of drug-likeness (QED) is 0.478. The van der Waals surface area contributed by atoms with Crippen molar-refractivity contribution in [2.75, 3.05) is 25.4 Å². The number of hydrogen-bond acceptors (Lipinski definition) is 4. The van der Waals surface area contributed by atoms with E-state index < -0.39 is 0 Å². The normalized spacial score (nSPS) is 14.2. The van der Waals surface area contributed by atoms with Gasteiger partial charge in [-0.3, -0.25) is 4.99 Å². The average Bonchev–Trinajstić information content (AvgIpc) is 2.38. The van der Waals surface area contributed by atoms with E-state index in [1.54, 1.807) is 23.9 Å². The van der Waals surface area contributed by atoms with Gasteiger partial charge in [-0.05, 0) is 30.7 Å². The predicted molar refractivity (Wildman–Crippen MR) is 85.5 cm³/mol. The largest absolute Gasteiger partial charge is 0.356 e. The van der Waals surface area contributed by atoms with Gasteiger partial charge in [0.25, 0.3) is 0 Å². The summed E-state index contributed by atoms with van der Waals surface area (Å²) in [4.78, 5) is 5.41. The minimum atomic E-state index is -0.187. The van der Waals surface area contributed by atoms with Crippen LogP contribution in [0.2, 0.25) is 0 Å². The number of hydrogen-bond donors (Lipinski definition) is 2. The Bertz CT molecular complexity index is 383. The lowest BCUT2D eigenvalue weighted by atomic mass is 10.4. The zero-order valence-electron chi connectivity index (χ0n) is 9.99. The van der Waals surface area contributed by atoms with Crippen LogP contribution in [-0.4, -0.2) is 31.3 Å². The molecule has 0 saturated carbocycles. The molecule has 3 nitrogen and oxygen atoms in total. The van der Waals surface area contributed by atoms with Crippen LogP contribution in [0.25, 0.3) is 0 Å². The Kier molecular flexibility index (Phi) is 7.41. The van der Waals surface area contributed by atoms with Gasteiger partial charge in [0.15, 0.2) is 5.96 Å². The Hall–Kier alpha value is -0.500. The van der Waals surface area contributed by atoms with Crippen LogP contribution in [0, 0.1) is 5.82 Å². The second-order valence-electron chi connectivity index (χ2n) is 3.74. The summed E-state index contributed by atoms with van der Waals surface area (Å²) in [7, 11) is 0. The first kappa shape index (κ1) is 15.6. The third-order valence-electron chi connectivity index (χ3n) is 2.37. The van der Waals surface area contributed by atoms with Gasteiger partial charge >= 0.3 is 0 Å². The number of guanidine groups is 1. The Morgan fingerprint density at radius 1 is 1.33 bits per heavy atom. The fraction of sp³-hybridized carbons (Fsp3) is 0.417. The van der Waals surface area contributed by atoms with E-state index in [4.69, 9.17) is 0 Å². The molecule has 100 valence electrons. The van der Waals surface area contributed by atoms with Crippen LogP contribution in [0.4, 0.5) is 4.39 Å². The molecule has 1 aliphatic rings. The Labute approximate surface area is 128 Å². The molecule has 0 aliphatic carbocycles. The minimum absolute atomic E-state index is 0. The fourth-order valence-electron chi connectivity index (χ4n) is 1.52. The van der Waals surface area contributed by atoms with Gasteiger partial charge in [0.1, 0.15) is 5.82 Å². The topological polar surface area (TPSA) is 36.4 Å². The predicted octanol–water partition coefficient (Wildman–Crippen LogP) is 2.47. The molecule has 0 fully saturated rings. The number of thioether (sulfide) groups is 1. The molecule has 6 heteroatoms. The van der Waals surface area contributed by atoms with Crippen molar-refractivity contribution in [3.8, 4) is 0 Å². The minimum Gasteiger partial charge on any atom is -0.356 e. The van der Waals surface area contributed by atoms with E-state index in [2.05, 4.69) is 15.6 Å². The summed E-state index contributed by atoms with van der Waals surface area (Å²) in [5.41, 5.74) is 0. The smallest absolute Gasteiger partial charge is 0.191 e. The molecule has 1 aromatic carbocycles. The maximum Gasteiger partial charge on any atom is 0.191 e. The van der Waals surface area contributed by atoms with Gasteiger partial charge in [0.05, 0.1) is 0 Å². The van der Waals surface area contributed by atoms with Crippen LogP contribution < -0.4 is 10.6 Å². The van der Waals surface area contributed by atoms with Gasteiger partial charge in [-0.1, -0.05) is 0 Å². The summed E-state index contributed by atoms with van der Waals surface area (Å²) in [6, 6.07) is 6.58. The van der Waals surface area contributed by atoms with Gasteiger partial charge < -0.3 is 10.6 Å². The molecule has 1 heterocycles. The third kappa shape index (κ3) is 5.43. The number of nitrogens with zero attached hydrogens (tertiary/aromatic N) is 1. The Morgan fingerprint density at radius 3 is 2.78 bits per heavy atom. The van der Waals surface area contributed by atoms with Gasteiger partial charge in [0.2, 0.25) is 0 Å². The SMILES string of the molecule is Fc1ccc(SCCNC2=NCCCN2)cc1.I. The van der Waals surface area contributed by atoms with Crippen LogP contribution >= 0.6 is 35.7 Å². The van der Waals surface area contributed by atoms with E-state index >= 15 is 0 Å². The summed E-state index contributed by atoms with van der Waals surface area (Å²) < 4.78 is 12.7. The summed E-state index contributed by atoms with van der Waals surface area (Å²) >= 11 is 1.71. The van der Waals surface area contributed by atoms with Crippen LogP contribution in [0.5, 0.6) is 0 Å². The van der Waals surface area contributed by atoms with Gasteiger partial charge in [-0.15, -0.1) is 35.7 Å². The van der Waals surface area contributed by atoms with Gasteiger partial charge in [0, 0.05) is 30.3 Å². The monoisotopic (exact) mass is 381 g/mol. The van der Waals surface area contributed by atoms with E-state index in [0.717, 1.165) is 42.7 Å². The maximum atomic E-state index is 12.7. The van der Waals surface area contributed by atoms with E-state index in [1.165, 1.54) is 12.1 Å². The number of aliphatic imine (C=N–C) groups is 1. The highest BCUT2D eigenvalue weighted by atomic mass is 127. The number of benzene rings is 1. The van der Waals surface area contributed by atoms with Crippen molar-refractivity contribution >= 4 is 41.7 Å². The molecule has 0 unspecified atom stereocenters. The van der Waals surface area contributed by atoms with Crippen molar-refractivity contribution < 1.29 is 4.39 Å². The highest BCUT2D eigenvalue weighted by molar-refractivity contribution is 14.0. The molecule has 2 rings (SSSR count). The van der Waals surface area contributed by atoms with Gasteiger partial charge in [-0.2, -0.15) is 0 Å². The highest BCUT2D eigenvalue weighted by Gasteiger charge is 2.02. The second-order valence-corrected chi connectivity index (χ2v) is 4.91. The molecular formula is C12H17FIN3S. The van der Waals surface area contributed by atoms with Gasteiger partial charge in [-0.25, -0.2) is 4.39 Å². The number of nitrogens with one attached hydrogen (secondary N) is 2. The summed E-state index contributed by atoms with van der Waals surface area (Å²) in [5, 5.41) is 6.45. The van der Waals surface area contributed by atoms with Crippen LogP contribution in [-0.2, 0) is 0 Å². The zero-order valence-corrected chi connectivity index (χ0v) is 13.1. The molecule has 1 aliphatic heterocycles. The molecule has 0 amide bonds. The lowest BCUT2D eigenvalue weighted by molar-refractivity contribution is 0.626. The van der Waals surface area contributed by atoms with E-state index in [1.807, 2.05) is 0 Å². The molecular weight excluding hydrogens is 364 g/mol. The van der Waals surface area contributed by atoms with Crippen molar-refractivity contribution in [1.29, 1.82) is 0 Å². The molecule has 2 N–H and O–H groups in total. The van der Waals surface area contributed by atoms with Crippen molar-refractivity contribution in [2.45, 2.75) is 11.3 Å². The highest BCUT2D eigenvalue weighted by Crippen LogP contribution is 2.17. The zero-order chi connectivity index (χ0) is 11.9. The number of rotatable bonds is 4. The Morgan fingerprint density at radius 2 is 2.11 bits per heavy atom. The van der Waals surface area contributed by atoms with Crippen molar-refractivity contribution in [3.05, 3.63) is 30.1 Å². The first-order valence-corrected chi connectivity index (χ1v) is 6.74. The molecule has 0 spiro atoms. The first-order chi connectivity index (χ1) is 8.34. The third-order valence-corrected chi connectivity index (χ3v) is 3.39. The summed E-state index contributed by atoms with van der Waals surface area (Å²) in [6.45, 7) is 2.76. The van der Waals surface area contributed by atoms with E-state index in [-0.39, 0.29) is 29.8 Å². The second kappa shape index (κ2) is 8.58. The van der Waals surface area contributed by atoms with Crippen LogP contribution in [0.1, 0.15) is 6.42 Å². The molecule has 0 atom stereocenters. The van der Waals surface area contributed by atoms with E-state index in [0.29, 0.717) is 0 Å². The average molecular weight is 381 g/mol. The van der Waals surface area contributed by atoms with E-state index in [9.17, 15) is 4.39 Å². The molecule has 0 radical (unpaired) electrons. The lowest BCUT2D eigenvalue weighted by Gasteiger charge is -2.15. The first-order valence-electron chi connectivity index (χ1n) is 5.75. The summed E-state index contributed by atoms with van der Waals surface area (Å²) in [6.07, 6.45) is 1.11. The standard InChI is InChI=1S/C12H16FN3S.HI/c13-10-2-4-11(5-3-10)17-9-8-16-12-14-6-1-7-15-12;/h2-5H,1,6-9H2,(H2,14,15,16);1H. The van der Waals surface area contributed by atoms with Crippen molar-refractivity contribution in [2.24, 2.45) is 4.99 Å². The molecule has 1 aromatic rings. The summed E-state index contributed by atoms with van der Waals surface area (Å²) in [5.74, 6) is 1.65. The molecule has 0 aromatic heterocycles. The van der Waals surface area contributed by atoms with Crippen LogP contribution in [0.15, 0.2) is 34.2 Å². The Balaban J connectivity index is 0.00000162. The fourth-order valence-corrected chi connectivity index (χ4v) is 2.29. The molecule has 18 heavy (non-hydrogen) atoms. The maximum absolute atomic E-state index is 12.7. The molecule has 0 saturated heterocycles. The number of halogens is 2. The lowest BCUT2D eigenvalue weighted by Crippen LogP contribution is -2.41. The van der Waals surface area contributed by atoms with Crippen LogP contribution in [0.3, 0.4) is 0 Å². The van der Waals surface area contributed by atoms with Crippen molar-refractivity contribution in [3.63, 3.8) is 0 Å². The van der Waals surface area contributed by atoms with Crippen molar-refractivity contribution in [1.82, 2.24) is 10.6 Å². The molecule has 0 bridgehead atoms.